The summed E-state index contributed by atoms with van der Waals surface area (Å²) in [6.45, 7) is 4.21. The standard InChI is InChI=1S/C17H15N.C2H6Cl2Si/c1-11-7-8-15-14(9-11)17-13-6-4-3-5-12(13)10-16(17)18(15)2;1-5(2,3)4/h3-9H,10H2,1-2H3;1-2H3. The summed E-state index contributed by atoms with van der Waals surface area (Å²) in [6, 6.07) is 15.5. The molecule has 0 spiro atoms. The molecule has 3 aromatic rings. The third-order valence-corrected chi connectivity index (χ3v) is 4.12. The van der Waals surface area contributed by atoms with E-state index in [4.69, 9.17) is 22.2 Å². The molecule has 0 atom stereocenters. The largest absolute Gasteiger partial charge is 0.347 e. The molecule has 4 heteroatoms. The van der Waals surface area contributed by atoms with E-state index in [0.29, 0.717) is 0 Å². The van der Waals surface area contributed by atoms with Crippen LogP contribution in [0.15, 0.2) is 42.5 Å². The lowest BCUT2D eigenvalue weighted by Crippen LogP contribution is -2.02. The molecule has 0 saturated heterocycles. The van der Waals surface area contributed by atoms with Crippen molar-refractivity contribution in [2.75, 3.05) is 0 Å². The highest BCUT2D eigenvalue weighted by atomic mass is 35.7. The van der Waals surface area contributed by atoms with Crippen LogP contribution >= 0.6 is 22.2 Å². The molecule has 0 aliphatic heterocycles. The van der Waals surface area contributed by atoms with Gasteiger partial charge >= 0.3 is 0 Å². The quantitative estimate of drug-likeness (QED) is 0.258. The molecule has 0 N–H and O–H groups in total. The van der Waals surface area contributed by atoms with Crippen molar-refractivity contribution in [3.05, 3.63) is 59.3 Å². The van der Waals surface area contributed by atoms with Crippen LogP contribution in [-0.4, -0.2) is 11.3 Å². The van der Waals surface area contributed by atoms with Gasteiger partial charge in [0.2, 0.25) is 6.69 Å². The summed E-state index contributed by atoms with van der Waals surface area (Å²) in [4.78, 5) is 0. The Hall–Kier alpha value is -1.22. The lowest BCUT2D eigenvalue weighted by atomic mass is 10.0. The van der Waals surface area contributed by atoms with E-state index in [9.17, 15) is 0 Å². The number of fused-ring (bicyclic) bond motifs is 5. The van der Waals surface area contributed by atoms with E-state index >= 15 is 0 Å². The van der Waals surface area contributed by atoms with Gasteiger partial charge in [0.1, 0.15) is 0 Å². The molecule has 0 fully saturated rings. The van der Waals surface area contributed by atoms with E-state index in [1.807, 2.05) is 13.1 Å². The van der Waals surface area contributed by atoms with E-state index < -0.39 is 6.69 Å². The van der Waals surface area contributed by atoms with Crippen molar-refractivity contribution in [1.82, 2.24) is 4.57 Å². The molecule has 0 unspecified atom stereocenters. The normalized spacial score (nSPS) is 12.6. The summed E-state index contributed by atoms with van der Waals surface area (Å²) in [5.41, 5.74) is 8.47. The second-order valence-corrected chi connectivity index (χ2v) is 15.5. The number of hydrogen-bond acceptors (Lipinski definition) is 0. The van der Waals surface area contributed by atoms with Gasteiger partial charge in [0.15, 0.2) is 0 Å². The average Bonchev–Trinajstić information content (AvgIpc) is 2.94. The number of aromatic nitrogens is 1. The SMILES string of the molecule is C[Si](C)(Cl)Cl.Cc1ccc2c(c1)c1c(n2C)Cc2ccccc2-1. The maximum atomic E-state index is 5.43. The summed E-state index contributed by atoms with van der Waals surface area (Å²) >= 11 is 10.9. The summed E-state index contributed by atoms with van der Waals surface area (Å²) in [7, 11) is 2.18. The number of rotatable bonds is 0. The fourth-order valence-corrected chi connectivity index (χ4v) is 3.22. The number of benzene rings is 2. The van der Waals surface area contributed by atoms with Crippen molar-refractivity contribution >= 4 is 39.8 Å². The van der Waals surface area contributed by atoms with Crippen molar-refractivity contribution in [2.45, 2.75) is 26.4 Å². The zero-order valence-corrected chi connectivity index (χ0v) is 16.5. The first-order valence-corrected chi connectivity index (χ1v) is 12.8. The van der Waals surface area contributed by atoms with Crippen LogP contribution in [0.1, 0.15) is 16.8 Å². The summed E-state index contributed by atoms with van der Waals surface area (Å²) in [5.74, 6) is 0. The van der Waals surface area contributed by atoms with Gasteiger partial charge in [-0.05, 0) is 43.3 Å². The van der Waals surface area contributed by atoms with Gasteiger partial charge < -0.3 is 4.57 Å². The lowest BCUT2D eigenvalue weighted by Gasteiger charge is -2.03. The van der Waals surface area contributed by atoms with Crippen molar-refractivity contribution in [3.63, 3.8) is 0 Å². The van der Waals surface area contributed by atoms with Gasteiger partial charge in [-0.1, -0.05) is 35.9 Å². The topological polar surface area (TPSA) is 4.93 Å². The number of halogens is 2. The highest BCUT2D eigenvalue weighted by molar-refractivity contribution is 7.44. The molecule has 1 aliphatic rings. The number of nitrogens with zero attached hydrogens (tertiary/aromatic N) is 1. The Morgan fingerprint density at radius 2 is 1.70 bits per heavy atom. The predicted molar refractivity (Wildman–Crippen MR) is 105 cm³/mol. The molecule has 1 aliphatic carbocycles. The van der Waals surface area contributed by atoms with E-state index in [2.05, 4.69) is 61.0 Å². The van der Waals surface area contributed by atoms with E-state index in [1.54, 1.807) is 0 Å². The Balaban J connectivity index is 0.000000276. The molecular weight excluding hydrogens is 341 g/mol. The Labute approximate surface area is 148 Å². The van der Waals surface area contributed by atoms with Crippen LogP contribution < -0.4 is 0 Å². The van der Waals surface area contributed by atoms with Crippen molar-refractivity contribution in [2.24, 2.45) is 7.05 Å². The zero-order valence-electron chi connectivity index (χ0n) is 14.0. The molecule has 0 amide bonds. The van der Waals surface area contributed by atoms with Crippen LogP contribution in [0.4, 0.5) is 0 Å². The Morgan fingerprint density at radius 3 is 2.39 bits per heavy atom. The van der Waals surface area contributed by atoms with Gasteiger partial charge in [-0.2, -0.15) is 0 Å². The molecule has 2 aromatic carbocycles. The van der Waals surface area contributed by atoms with E-state index in [1.165, 1.54) is 38.9 Å². The fourth-order valence-electron chi connectivity index (χ4n) is 3.22. The smallest absolute Gasteiger partial charge is 0.245 e. The molecule has 0 bridgehead atoms. The molecular formula is C19H21Cl2NSi. The summed E-state index contributed by atoms with van der Waals surface area (Å²) in [6.07, 6.45) is 1.07. The fraction of sp³-hybridized carbons (Fsp3) is 0.263. The first-order chi connectivity index (χ1) is 10.8. The van der Waals surface area contributed by atoms with Gasteiger partial charge in [0, 0.05) is 35.6 Å². The Morgan fingerprint density at radius 1 is 1.04 bits per heavy atom. The van der Waals surface area contributed by atoms with Gasteiger partial charge in [-0.15, -0.1) is 22.2 Å². The van der Waals surface area contributed by atoms with Crippen LogP contribution in [0.2, 0.25) is 13.1 Å². The molecule has 4 rings (SSSR count). The predicted octanol–water partition coefficient (Wildman–Crippen LogP) is 6.22. The Kier molecular flexibility index (Phi) is 4.34. The van der Waals surface area contributed by atoms with Gasteiger partial charge in [0.05, 0.1) is 0 Å². The van der Waals surface area contributed by atoms with Crippen LogP contribution in [0.25, 0.3) is 22.0 Å². The average molecular weight is 362 g/mol. The highest BCUT2D eigenvalue weighted by Gasteiger charge is 2.24. The van der Waals surface area contributed by atoms with Gasteiger partial charge in [0.25, 0.3) is 0 Å². The molecule has 120 valence electrons. The lowest BCUT2D eigenvalue weighted by molar-refractivity contribution is 0.894. The second-order valence-electron chi connectivity index (χ2n) is 6.56. The molecule has 23 heavy (non-hydrogen) atoms. The monoisotopic (exact) mass is 361 g/mol. The third-order valence-electron chi connectivity index (χ3n) is 4.12. The van der Waals surface area contributed by atoms with Crippen LogP contribution in [0.3, 0.4) is 0 Å². The molecule has 0 saturated carbocycles. The molecule has 1 nitrogen and oxygen atoms in total. The summed E-state index contributed by atoms with van der Waals surface area (Å²) < 4.78 is 2.35. The minimum atomic E-state index is -1.67. The van der Waals surface area contributed by atoms with Crippen LogP contribution in [-0.2, 0) is 13.5 Å². The molecule has 0 radical (unpaired) electrons. The van der Waals surface area contributed by atoms with Crippen LogP contribution in [0.5, 0.6) is 0 Å². The van der Waals surface area contributed by atoms with Gasteiger partial charge in [-0.25, -0.2) is 0 Å². The highest BCUT2D eigenvalue weighted by Crippen LogP contribution is 2.42. The van der Waals surface area contributed by atoms with Gasteiger partial charge in [-0.3, -0.25) is 0 Å². The molecule has 1 heterocycles. The van der Waals surface area contributed by atoms with E-state index in [0.717, 1.165) is 6.42 Å². The third kappa shape index (κ3) is 3.35. The number of hydrogen-bond donors (Lipinski definition) is 0. The first kappa shape index (κ1) is 16.6. The first-order valence-electron chi connectivity index (χ1n) is 7.79. The maximum absolute atomic E-state index is 5.43. The Bertz CT molecular complexity index is 869. The summed E-state index contributed by atoms with van der Waals surface area (Å²) in [5, 5.41) is 1.40. The minimum Gasteiger partial charge on any atom is -0.347 e. The van der Waals surface area contributed by atoms with Crippen molar-refractivity contribution in [3.8, 4) is 11.1 Å². The van der Waals surface area contributed by atoms with Crippen molar-refractivity contribution < 1.29 is 0 Å². The molecule has 1 aromatic heterocycles. The van der Waals surface area contributed by atoms with Crippen molar-refractivity contribution in [1.29, 1.82) is 0 Å². The van der Waals surface area contributed by atoms with Crippen LogP contribution in [0, 0.1) is 6.92 Å². The number of aryl methyl sites for hydroxylation is 2. The maximum Gasteiger partial charge on any atom is 0.245 e. The second kappa shape index (κ2) is 6.01. The van der Waals surface area contributed by atoms with E-state index in [-0.39, 0.29) is 0 Å². The zero-order chi connectivity index (χ0) is 16.8. The minimum absolute atomic E-state index is 1.07.